The van der Waals surface area contributed by atoms with Crippen LogP contribution in [0.25, 0.3) is 0 Å². The number of carbonyl (C=O) groups is 2. The van der Waals surface area contributed by atoms with Crippen molar-refractivity contribution in [1.82, 2.24) is 15.6 Å². The van der Waals surface area contributed by atoms with Gasteiger partial charge in [-0.3, -0.25) is 9.59 Å². The molecule has 0 unspecified atom stereocenters. The van der Waals surface area contributed by atoms with Gasteiger partial charge in [0.25, 0.3) is 0 Å². The Hall–Kier alpha value is -2.66. The molecule has 12 heteroatoms. The number of rotatable bonds is 6. The summed E-state index contributed by atoms with van der Waals surface area (Å²) in [5.74, 6) is -2.17. The van der Waals surface area contributed by atoms with Crippen LogP contribution >= 0.6 is 23.4 Å². The first-order valence-corrected chi connectivity index (χ1v) is 8.07. The van der Waals surface area contributed by atoms with Gasteiger partial charge in [-0.05, 0) is 28.5 Å². The van der Waals surface area contributed by atoms with Gasteiger partial charge in [-0.2, -0.15) is 0 Å². The lowest BCUT2D eigenvalue weighted by Crippen LogP contribution is -2.37. The monoisotopic (exact) mass is 386 g/mol. The molecule has 0 radical (unpaired) electrons. The smallest absolute Gasteiger partial charge is 0.309 e. The largest absolute Gasteiger partial charge is 0.382 e. The molecule has 25 heavy (non-hydrogen) atoms. The van der Waals surface area contributed by atoms with E-state index in [2.05, 4.69) is 25.3 Å². The van der Waals surface area contributed by atoms with Gasteiger partial charge in [0.2, 0.25) is 0 Å². The van der Waals surface area contributed by atoms with E-state index in [1.165, 1.54) is 23.9 Å². The fourth-order valence-electron chi connectivity index (χ4n) is 1.58. The zero-order chi connectivity index (χ0) is 18.4. The fourth-order valence-corrected chi connectivity index (χ4v) is 2.51. The number of primary amides is 1. The van der Waals surface area contributed by atoms with Gasteiger partial charge >= 0.3 is 11.8 Å². The molecule has 1 aromatic carbocycles. The zero-order valence-electron chi connectivity index (χ0n) is 12.5. The van der Waals surface area contributed by atoms with Crippen LogP contribution in [0.1, 0.15) is 5.69 Å². The van der Waals surface area contributed by atoms with Crippen molar-refractivity contribution >= 4 is 46.7 Å². The Kier molecular flexibility index (Phi) is 6.31. The standard InChI is InChI=1S/C13H12ClFN6O3S/c14-7-5-6(1-2-8(7)15)19-10(16)9-13(21-24-20-9)25-4-3-18-12(23)11(17)22/h1-2,5H,3-4H2,(H2,16,19)(H2,17,22)(H,18,23). The van der Waals surface area contributed by atoms with E-state index in [0.29, 0.717) is 16.5 Å². The third kappa shape index (κ3) is 5.16. The van der Waals surface area contributed by atoms with Crippen LogP contribution in [0.4, 0.5) is 10.1 Å². The molecule has 5 N–H and O–H groups in total. The lowest BCUT2D eigenvalue weighted by atomic mass is 10.3. The molecule has 2 rings (SSSR count). The molecule has 1 heterocycles. The molecule has 0 bridgehead atoms. The summed E-state index contributed by atoms with van der Waals surface area (Å²) in [7, 11) is 0. The third-order valence-electron chi connectivity index (χ3n) is 2.70. The van der Waals surface area contributed by atoms with Crippen molar-refractivity contribution in [2.45, 2.75) is 5.03 Å². The van der Waals surface area contributed by atoms with Crippen LogP contribution in [0.15, 0.2) is 32.8 Å². The topological polar surface area (TPSA) is 149 Å². The van der Waals surface area contributed by atoms with E-state index in [9.17, 15) is 14.0 Å². The van der Waals surface area contributed by atoms with Crippen LogP contribution < -0.4 is 16.8 Å². The zero-order valence-corrected chi connectivity index (χ0v) is 14.1. The Balaban J connectivity index is 2.02. The van der Waals surface area contributed by atoms with Crippen LogP contribution in [-0.2, 0) is 9.59 Å². The molecule has 0 aliphatic heterocycles. The quantitative estimate of drug-likeness (QED) is 0.216. The summed E-state index contributed by atoms with van der Waals surface area (Å²) in [6, 6.07) is 3.86. The highest BCUT2D eigenvalue weighted by Gasteiger charge is 2.15. The number of carbonyl (C=O) groups excluding carboxylic acids is 2. The van der Waals surface area contributed by atoms with Gasteiger partial charge < -0.3 is 16.8 Å². The maximum absolute atomic E-state index is 13.1. The molecule has 2 aromatic rings. The van der Waals surface area contributed by atoms with E-state index >= 15 is 0 Å². The highest BCUT2D eigenvalue weighted by molar-refractivity contribution is 7.99. The maximum Gasteiger partial charge on any atom is 0.309 e. The van der Waals surface area contributed by atoms with E-state index in [-0.39, 0.29) is 23.1 Å². The minimum absolute atomic E-state index is 0.00686. The van der Waals surface area contributed by atoms with Gasteiger partial charge in [0.05, 0.1) is 10.7 Å². The number of thioether (sulfide) groups is 1. The number of amides is 2. The number of hydrogen-bond donors (Lipinski definition) is 3. The first-order chi connectivity index (χ1) is 11.9. The normalized spacial score (nSPS) is 11.4. The van der Waals surface area contributed by atoms with E-state index in [4.69, 9.17) is 23.1 Å². The minimum Gasteiger partial charge on any atom is -0.382 e. The molecule has 0 saturated heterocycles. The Morgan fingerprint density at radius 3 is 2.80 bits per heavy atom. The summed E-state index contributed by atoms with van der Waals surface area (Å²) in [6.07, 6.45) is 0. The molecule has 1 aromatic heterocycles. The Morgan fingerprint density at radius 2 is 2.12 bits per heavy atom. The number of benzene rings is 1. The summed E-state index contributed by atoms with van der Waals surface area (Å²) in [5.41, 5.74) is 11.2. The van der Waals surface area contributed by atoms with Gasteiger partial charge in [-0.15, -0.1) is 0 Å². The van der Waals surface area contributed by atoms with Crippen molar-refractivity contribution in [2.24, 2.45) is 16.5 Å². The number of aromatic nitrogens is 2. The number of amidine groups is 1. The van der Waals surface area contributed by atoms with E-state index in [1.807, 2.05) is 0 Å². The number of nitrogens with zero attached hydrogens (tertiary/aromatic N) is 3. The number of nitrogens with two attached hydrogens (primary N) is 2. The van der Waals surface area contributed by atoms with Crippen molar-refractivity contribution in [3.63, 3.8) is 0 Å². The first-order valence-electron chi connectivity index (χ1n) is 6.71. The van der Waals surface area contributed by atoms with Gasteiger partial charge in [0.15, 0.2) is 16.6 Å². The van der Waals surface area contributed by atoms with E-state index < -0.39 is 17.6 Å². The average Bonchev–Trinajstić information content (AvgIpc) is 3.03. The van der Waals surface area contributed by atoms with Gasteiger partial charge in [-0.25, -0.2) is 14.0 Å². The first kappa shape index (κ1) is 18.7. The Bertz CT molecular complexity index is 828. The van der Waals surface area contributed by atoms with Crippen molar-refractivity contribution in [3.8, 4) is 0 Å². The van der Waals surface area contributed by atoms with E-state index in [1.54, 1.807) is 0 Å². The molecule has 0 aliphatic rings. The van der Waals surface area contributed by atoms with E-state index in [0.717, 1.165) is 6.07 Å². The lowest BCUT2D eigenvalue weighted by molar-refractivity contribution is -0.137. The van der Waals surface area contributed by atoms with Crippen molar-refractivity contribution in [2.75, 3.05) is 12.3 Å². The van der Waals surface area contributed by atoms with Gasteiger partial charge in [0, 0.05) is 12.3 Å². The molecular formula is C13H12ClFN6O3S. The highest BCUT2D eigenvalue weighted by Crippen LogP contribution is 2.23. The number of hydrogen-bond acceptors (Lipinski definition) is 7. The summed E-state index contributed by atoms with van der Waals surface area (Å²) in [6.45, 7) is 0.170. The Labute approximate surface area is 149 Å². The van der Waals surface area contributed by atoms with Gasteiger partial charge in [-0.1, -0.05) is 23.4 Å². The molecule has 132 valence electrons. The second kappa shape index (κ2) is 8.44. The second-order valence-corrected chi connectivity index (χ2v) is 5.97. The lowest BCUT2D eigenvalue weighted by Gasteiger charge is -2.02. The average molecular weight is 387 g/mol. The molecule has 0 spiro atoms. The van der Waals surface area contributed by atoms with Crippen molar-refractivity contribution in [1.29, 1.82) is 0 Å². The van der Waals surface area contributed by atoms with Gasteiger partial charge in [0.1, 0.15) is 5.82 Å². The molecule has 0 aliphatic carbocycles. The summed E-state index contributed by atoms with van der Waals surface area (Å²) >= 11 is 6.85. The fraction of sp³-hybridized carbons (Fsp3) is 0.154. The highest BCUT2D eigenvalue weighted by atomic mass is 35.5. The molecule has 0 saturated carbocycles. The maximum atomic E-state index is 13.1. The molecule has 2 amide bonds. The Morgan fingerprint density at radius 1 is 1.36 bits per heavy atom. The summed E-state index contributed by atoms with van der Waals surface area (Å²) < 4.78 is 17.8. The predicted molar refractivity (Wildman–Crippen MR) is 89.0 cm³/mol. The van der Waals surface area contributed by atoms with Crippen molar-refractivity contribution in [3.05, 3.63) is 34.7 Å². The predicted octanol–water partition coefficient (Wildman–Crippen LogP) is 0.593. The van der Waals surface area contributed by atoms with Crippen LogP contribution in [-0.4, -0.2) is 40.3 Å². The molecule has 9 nitrogen and oxygen atoms in total. The number of aliphatic imine (C=N–C) groups is 1. The second-order valence-electron chi connectivity index (χ2n) is 4.48. The molecule has 0 fully saturated rings. The summed E-state index contributed by atoms with van der Waals surface area (Å²) in [4.78, 5) is 25.7. The minimum atomic E-state index is -1.07. The van der Waals surface area contributed by atoms with Crippen LogP contribution in [0, 0.1) is 5.82 Å². The molecule has 0 atom stereocenters. The third-order valence-corrected chi connectivity index (χ3v) is 3.94. The van der Waals surface area contributed by atoms with Crippen LogP contribution in [0.2, 0.25) is 5.02 Å². The SMILES string of the molecule is NC(=O)C(=O)NCCSc1nonc1C(N)=Nc1ccc(F)c(Cl)c1. The number of halogens is 2. The van der Waals surface area contributed by atoms with Crippen LogP contribution in [0.3, 0.4) is 0 Å². The summed E-state index contributed by atoms with van der Waals surface area (Å²) in [5, 5.41) is 9.92. The van der Waals surface area contributed by atoms with Crippen LogP contribution in [0.5, 0.6) is 0 Å². The molecular weight excluding hydrogens is 375 g/mol. The van der Waals surface area contributed by atoms with Crippen molar-refractivity contribution < 1.29 is 18.6 Å². The number of nitrogens with one attached hydrogen (secondary N) is 1.